The van der Waals surface area contributed by atoms with Crippen molar-refractivity contribution in [1.82, 2.24) is 5.32 Å². The van der Waals surface area contributed by atoms with Crippen LogP contribution in [0.2, 0.25) is 0 Å². The SMILES string of the molecule is CCCCCCCC/C=C/CC/C=C/C(O)C(CS(=O)(=O)O)NC(=O)C(O)CCCCCCCCCCCCCCCCCCCCCC. The van der Waals surface area contributed by atoms with E-state index >= 15 is 0 Å². The molecule has 0 bridgehead atoms. The minimum atomic E-state index is -4.44. The summed E-state index contributed by atoms with van der Waals surface area (Å²) in [7, 11) is -4.44. The smallest absolute Gasteiger partial charge is 0.267 e. The Kier molecular flexibility index (Phi) is 34.3. The van der Waals surface area contributed by atoms with Crippen molar-refractivity contribution in [2.45, 2.75) is 225 Å². The number of nitrogens with one attached hydrogen (secondary N) is 1. The van der Waals surface area contributed by atoms with Crippen LogP contribution in [0.3, 0.4) is 0 Å². The molecule has 1 amide bonds. The van der Waals surface area contributed by atoms with Crippen molar-refractivity contribution in [2.24, 2.45) is 0 Å². The van der Waals surface area contributed by atoms with E-state index in [0.29, 0.717) is 12.8 Å². The van der Waals surface area contributed by atoms with Crippen molar-refractivity contribution in [3.05, 3.63) is 24.3 Å². The van der Waals surface area contributed by atoms with Gasteiger partial charge in [-0.25, -0.2) is 0 Å². The number of hydrogen-bond donors (Lipinski definition) is 4. The van der Waals surface area contributed by atoms with Gasteiger partial charge in [0.2, 0.25) is 5.91 Å². The second-order valence-electron chi connectivity index (χ2n) is 14.4. The fourth-order valence-corrected chi connectivity index (χ4v) is 7.03. The molecule has 49 heavy (non-hydrogen) atoms. The number of aliphatic hydroxyl groups is 2. The number of amides is 1. The Morgan fingerprint density at radius 3 is 1.35 bits per heavy atom. The first-order chi connectivity index (χ1) is 23.7. The highest BCUT2D eigenvalue weighted by Gasteiger charge is 2.27. The third kappa shape index (κ3) is 35.0. The van der Waals surface area contributed by atoms with E-state index in [4.69, 9.17) is 0 Å². The number of hydrogen-bond acceptors (Lipinski definition) is 5. The summed E-state index contributed by atoms with van der Waals surface area (Å²) in [6, 6.07) is -1.24. The van der Waals surface area contributed by atoms with Crippen LogP contribution >= 0.6 is 0 Å². The molecule has 3 unspecified atom stereocenters. The first-order valence-corrected chi connectivity index (χ1v) is 22.3. The molecule has 0 radical (unpaired) electrons. The monoisotopic (exact) mass is 714 g/mol. The van der Waals surface area contributed by atoms with Crippen molar-refractivity contribution < 1.29 is 28.0 Å². The van der Waals surface area contributed by atoms with Crippen molar-refractivity contribution in [3.8, 4) is 0 Å². The topological polar surface area (TPSA) is 124 Å². The lowest BCUT2D eigenvalue weighted by Crippen LogP contribution is -2.50. The van der Waals surface area contributed by atoms with Crippen LogP contribution in [-0.4, -0.2) is 53.1 Å². The highest BCUT2D eigenvalue weighted by Crippen LogP contribution is 2.16. The molecule has 0 fully saturated rings. The number of aliphatic hydroxyl groups excluding tert-OH is 2. The van der Waals surface area contributed by atoms with Gasteiger partial charge in [0.05, 0.1) is 17.9 Å². The van der Waals surface area contributed by atoms with Gasteiger partial charge in [-0.3, -0.25) is 9.35 Å². The van der Waals surface area contributed by atoms with E-state index in [1.165, 1.54) is 147 Å². The predicted molar refractivity (Wildman–Crippen MR) is 208 cm³/mol. The Labute approximate surface area is 303 Å². The van der Waals surface area contributed by atoms with Crippen LogP contribution in [0.5, 0.6) is 0 Å². The Morgan fingerprint density at radius 2 is 0.918 bits per heavy atom. The van der Waals surface area contributed by atoms with Crippen LogP contribution in [-0.2, 0) is 14.9 Å². The van der Waals surface area contributed by atoms with E-state index in [0.717, 1.165) is 32.1 Å². The summed E-state index contributed by atoms with van der Waals surface area (Å²) in [6.45, 7) is 4.49. The summed E-state index contributed by atoms with van der Waals surface area (Å²) in [4.78, 5) is 12.6. The van der Waals surface area contributed by atoms with Crippen LogP contribution in [0.4, 0.5) is 0 Å². The van der Waals surface area contributed by atoms with Gasteiger partial charge in [-0.05, 0) is 32.1 Å². The maximum atomic E-state index is 12.6. The van der Waals surface area contributed by atoms with Gasteiger partial charge in [-0.2, -0.15) is 8.42 Å². The Hall–Kier alpha value is -1.22. The Morgan fingerprint density at radius 1 is 0.551 bits per heavy atom. The molecule has 0 heterocycles. The molecule has 0 saturated carbocycles. The summed E-state index contributed by atoms with van der Waals surface area (Å²) >= 11 is 0. The van der Waals surface area contributed by atoms with Crippen molar-refractivity contribution in [2.75, 3.05) is 5.75 Å². The fraction of sp³-hybridized carbons (Fsp3) is 0.878. The Balaban J connectivity index is 3.98. The first kappa shape index (κ1) is 47.8. The molecule has 0 aromatic heterocycles. The van der Waals surface area contributed by atoms with Gasteiger partial charge in [-0.1, -0.05) is 199 Å². The highest BCUT2D eigenvalue weighted by molar-refractivity contribution is 7.85. The van der Waals surface area contributed by atoms with Crippen LogP contribution in [0.15, 0.2) is 24.3 Å². The molecule has 8 heteroatoms. The number of unbranched alkanes of at least 4 members (excludes halogenated alkanes) is 26. The van der Waals surface area contributed by atoms with Gasteiger partial charge in [0.1, 0.15) is 6.10 Å². The average Bonchev–Trinajstić information content (AvgIpc) is 3.06. The molecule has 290 valence electrons. The first-order valence-electron chi connectivity index (χ1n) is 20.6. The van der Waals surface area contributed by atoms with Gasteiger partial charge < -0.3 is 15.5 Å². The number of carbonyl (C=O) groups is 1. The van der Waals surface area contributed by atoms with Crippen molar-refractivity contribution in [1.29, 1.82) is 0 Å². The quantitative estimate of drug-likeness (QED) is 0.0289. The summed E-state index contributed by atoms with van der Waals surface area (Å²) in [5, 5.41) is 23.3. The van der Waals surface area contributed by atoms with Crippen LogP contribution in [0, 0.1) is 0 Å². The molecule has 0 aliphatic heterocycles. The van der Waals surface area contributed by atoms with Crippen molar-refractivity contribution >= 4 is 16.0 Å². The minimum Gasteiger partial charge on any atom is -0.387 e. The lowest BCUT2D eigenvalue weighted by atomic mass is 10.0. The molecular formula is C41H79NO6S. The second-order valence-corrected chi connectivity index (χ2v) is 15.9. The normalized spacial score (nSPS) is 14.1. The van der Waals surface area contributed by atoms with Gasteiger partial charge >= 0.3 is 0 Å². The molecule has 7 nitrogen and oxygen atoms in total. The molecule has 0 aromatic carbocycles. The molecule has 4 N–H and O–H groups in total. The maximum absolute atomic E-state index is 12.6. The number of carbonyl (C=O) groups excluding carboxylic acids is 1. The second kappa shape index (κ2) is 35.2. The molecular weight excluding hydrogens is 635 g/mol. The van der Waals surface area contributed by atoms with Crippen LogP contribution in [0.25, 0.3) is 0 Å². The third-order valence-electron chi connectivity index (χ3n) is 9.49. The zero-order valence-corrected chi connectivity index (χ0v) is 32.8. The molecule has 0 aliphatic carbocycles. The summed E-state index contributed by atoms with van der Waals surface area (Å²) in [6.07, 6.45) is 41.0. The lowest BCUT2D eigenvalue weighted by Gasteiger charge is -2.22. The van der Waals surface area contributed by atoms with E-state index < -0.39 is 40.0 Å². The lowest BCUT2D eigenvalue weighted by molar-refractivity contribution is -0.130. The van der Waals surface area contributed by atoms with Crippen LogP contribution < -0.4 is 5.32 Å². The van der Waals surface area contributed by atoms with Crippen LogP contribution in [0.1, 0.15) is 206 Å². The van der Waals surface area contributed by atoms with E-state index in [1.54, 1.807) is 6.08 Å². The number of rotatable bonds is 37. The zero-order chi connectivity index (χ0) is 36.3. The van der Waals surface area contributed by atoms with Gasteiger partial charge in [0.25, 0.3) is 10.1 Å². The number of allylic oxidation sites excluding steroid dienone is 3. The van der Waals surface area contributed by atoms with Crippen molar-refractivity contribution in [3.63, 3.8) is 0 Å². The van der Waals surface area contributed by atoms with Gasteiger partial charge in [-0.15, -0.1) is 0 Å². The molecule has 0 aromatic rings. The molecule has 0 saturated heterocycles. The Bertz CT molecular complexity index is 890. The van der Waals surface area contributed by atoms with Gasteiger partial charge in [0.15, 0.2) is 0 Å². The fourth-order valence-electron chi connectivity index (χ4n) is 6.30. The molecule has 0 spiro atoms. The molecule has 0 rings (SSSR count). The largest absolute Gasteiger partial charge is 0.387 e. The summed E-state index contributed by atoms with van der Waals surface area (Å²) in [5.74, 6) is -1.55. The highest BCUT2D eigenvalue weighted by atomic mass is 32.2. The van der Waals surface area contributed by atoms with E-state index in [1.807, 2.05) is 0 Å². The molecule has 0 aliphatic rings. The van der Waals surface area contributed by atoms with E-state index in [9.17, 15) is 28.0 Å². The van der Waals surface area contributed by atoms with E-state index in [2.05, 4.69) is 31.3 Å². The zero-order valence-electron chi connectivity index (χ0n) is 31.9. The third-order valence-corrected chi connectivity index (χ3v) is 10.3. The average molecular weight is 714 g/mol. The van der Waals surface area contributed by atoms with E-state index in [-0.39, 0.29) is 6.42 Å². The summed E-state index contributed by atoms with van der Waals surface area (Å²) < 4.78 is 32.4. The summed E-state index contributed by atoms with van der Waals surface area (Å²) in [5.41, 5.74) is 0. The minimum absolute atomic E-state index is 0.278. The standard InChI is InChI=1S/C41H79NO6S/c1-3-5-7-9-11-13-15-17-18-19-20-21-22-23-24-26-28-30-32-34-36-40(44)41(45)42-38(37-49(46,47)48)39(43)35-33-31-29-27-25-16-14-12-10-8-6-4-2/h25,27,33,35,38-40,43-44H,3-24,26,28-32,34,36-37H2,1-2H3,(H,42,45)(H,46,47,48)/b27-25+,35-33+. The van der Waals surface area contributed by atoms with Gasteiger partial charge in [0, 0.05) is 0 Å². The molecule has 3 atom stereocenters. The predicted octanol–water partition coefficient (Wildman–Crippen LogP) is 10.9. The maximum Gasteiger partial charge on any atom is 0.267 e.